The van der Waals surface area contributed by atoms with Crippen molar-refractivity contribution < 1.29 is 52.3 Å². The van der Waals surface area contributed by atoms with Crippen LogP contribution in [0.4, 0.5) is 0 Å². The van der Waals surface area contributed by atoms with Crippen molar-refractivity contribution in [3.05, 3.63) is 0 Å². The molecule has 0 amide bonds. The summed E-state index contributed by atoms with van der Waals surface area (Å²) in [5.41, 5.74) is 6.98. The molecule has 3 saturated carbocycles. The Morgan fingerprint density at radius 3 is 1.33 bits per heavy atom. The van der Waals surface area contributed by atoms with E-state index in [4.69, 9.17) is 49.5 Å². The fraction of sp³-hybridized carbons (Fsp3) is 0.917. The van der Waals surface area contributed by atoms with Gasteiger partial charge in [0.15, 0.2) is 17.4 Å². The number of Topliss-reactive ketones (excluding diaryl/α,β-unsaturated/α-hetero) is 1. The zero-order valence-corrected chi connectivity index (χ0v) is 31.9. The van der Waals surface area contributed by atoms with E-state index in [0.717, 1.165) is 77.4 Å². The lowest BCUT2D eigenvalue weighted by atomic mass is 9.90. The van der Waals surface area contributed by atoms with Gasteiger partial charge in [-0.05, 0) is 67.2 Å². The van der Waals surface area contributed by atoms with Gasteiger partial charge in [0, 0.05) is 63.5 Å². The van der Waals surface area contributed by atoms with Gasteiger partial charge >= 0.3 is 11.9 Å². The Bertz CT molecular complexity index is 1040. The smallest absolute Gasteiger partial charge is 0.320 e. The number of ketones is 1. The summed E-state index contributed by atoms with van der Waals surface area (Å²) in [7, 11) is 0. The van der Waals surface area contributed by atoms with Crippen molar-refractivity contribution in [3.63, 3.8) is 0 Å². The summed E-state index contributed by atoms with van der Waals surface area (Å²) in [5, 5.41) is 3.26. The SMILES string of the molecule is CC(C)(C)OC(=O)CN.CC(C)(C)OC(=O)CNC1CCC2(CC1)OCCO2.NNC1CCC2(CC1)OCCO2.O=C1CCC2(CC1)OCCO2. The molecule has 3 aliphatic heterocycles. The molecule has 6 fully saturated rings. The van der Waals surface area contributed by atoms with E-state index in [0.29, 0.717) is 57.1 Å². The third-order valence-corrected chi connectivity index (χ3v) is 9.28. The standard InChI is InChI=1S/C14H25NO4.C8H16N2O2.C8H12O3.C6H13NO2/c1-13(2,3)19-12(16)10-15-11-4-6-14(7-5-11)17-8-9-18-14;9-10-7-1-3-8(4-2-7)11-5-6-12-8;9-7-1-3-8(4-2-7)10-5-6-11-8;1-6(2,3)9-5(8)4-7/h11,15H,4-10H2,1-3H3;7,10H,1-6,9H2;1-6H2;4,7H2,1-3H3. The number of hydrazine groups is 1. The molecule has 0 aromatic heterocycles. The highest BCUT2D eigenvalue weighted by atomic mass is 16.7. The van der Waals surface area contributed by atoms with Crippen LogP contribution in [-0.2, 0) is 52.3 Å². The molecular formula is C36H66N4O11. The minimum atomic E-state index is -0.416. The van der Waals surface area contributed by atoms with Crippen LogP contribution in [0, 0.1) is 0 Å². The molecule has 6 aliphatic rings. The first-order valence-electron chi connectivity index (χ1n) is 18.7. The van der Waals surface area contributed by atoms with Crippen LogP contribution in [0.25, 0.3) is 0 Å². The lowest BCUT2D eigenvalue weighted by Crippen LogP contribution is -2.44. The third kappa shape index (κ3) is 16.0. The average Bonchev–Trinajstić information content (AvgIpc) is 3.85. The Balaban J connectivity index is 0.000000192. The highest BCUT2D eigenvalue weighted by molar-refractivity contribution is 5.79. The van der Waals surface area contributed by atoms with Crippen LogP contribution < -0.4 is 22.3 Å². The highest BCUT2D eigenvalue weighted by Gasteiger charge is 2.42. The van der Waals surface area contributed by atoms with E-state index in [-0.39, 0.29) is 42.4 Å². The van der Waals surface area contributed by atoms with Crippen LogP contribution >= 0.6 is 0 Å². The largest absolute Gasteiger partial charge is 0.459 e. The Morgan fingerprint density at radius 1 is 0.647 bits per heavy atom. The first-order chi connectivity index (χ1) is 24.0. The average molecular weight is 731 g/mol. The molecule has 0 radical (unpaired) electrons. The number of carbonyl (C=O) groups is 3. The minimum Gasteiger partial charge on any atom is -0.459 e. The Labute approximate surface area is 304 Å². The van der Waals surface area contributed by atoms with Crippen molar-refractivity contribution in [1.82, 2.24) is 10.7 Å². The molecule has 15 nitrogen and oxygen atoms in total. The second-order valence-corrected chi connectivity index (χ2v) is 15.8. The van der Waals surface area contributed by atoms with Crippen molar-refractivity contribution >= 4 is 17.7 Å². The summed E-state index contributed by atoms with van der Waals surface area (Å²) in [6.07, 6.45) is 10.6. The minimum absolute atomic E-state index is 0.0444. The van der Waals surface area contributed by atoms with Gasteiger partial charge in [0.05, 0.1) is 52.7 Å². The third-order valence-electron chi connectivity index (χ3n) is 9.28. The molecule has 3 aliphatic carbocycles. The van der Waals surface area contributed by atoms with E-state index in [1.807, 2.05) is 20.8 Å². The molecule has 0 aromatic rings. The monoisotopic (exact) mass is 730 g/mol. The van der Waals surface area contributed by atoms with E-state index >= 15 is 0 Å². The van der Waals surface area contributed by atoms with Gasteiger partial charge in [-0.25, -0.2) is 0 Å². The molecule has 0 bridgehead atoms. The number of ether oxygens (including phenoxy) is 8. The summed E-state index contributed by atoms with van der Waals surface area (Å²) < 4.78 is 43.5. The second kappa shape index (κ2) is 20.0. The van der Waals surface area contributed by atoms with E-state index in [2.05, 4.69) is 10.7 Å². The van der Waals surface area contributed by atoms with Crippen LogP contribution in [0.5, 0.6) is 0 Å². The maximum atomic E-state index is 11.6. The number of carbonyl (C=O) groups excluding carboxylic acids is 3. The topological polar surface area (TPSA) is 201 Å². The molecule has 3 saturated heterocycles. The number of nitrogens with one attached hydrogen (secondary N) is 2. The van der Waals surface area contributed by atoms with Gasteiger partial charge in [-0.15, -0.1) is 0 Å². The maximum absolute atomic E-state index is 11.6. The van der Waals surface area contributed by atoms with Crippen LogP contribution in [-0.4, -0.2) is 111 Å². The molecule has 0 aromatic carbocycles. The lowest BCUT2D eigenvalue weighted by molar-refractivity contribution is -0.180. The molecule has 0 unspecified atom stereocenters. The van der Waals surface area contributed by atoms with E-state index < -0.39 is 11.2 Å². The molecule has 6 rings (SSSR count). The number of hydrogen-bond donors (Lipinski definition) is 4. The molecule has 3 spiro atoms. The maximum Gasteiger partial charge on any atom is 0.320 e. The molecule has 6 N–H and O–H groups in total. The Kier molecular flexibility index (Phi) is 17.1. The van der Waals surface area contributed by atoms with Crippen molar-refractivity contribution in [2.75, 3.05) is 52.7 Å². The Morgan fingerprint density at radius 2 is 1.00 bits per heavy atom. The summed E-state index contributed by atoms with van der Waals surface area (Å²) >= 11 is 0. The summed E-state index contributed by atoms with van der Waals surface area (Å²) in [5.74, 6) is 4.21. The second-order valence-electron chi connectivity index (χ2n) is 15.8. The van der Waals surface area contributed by atoms with Crippen molar-refractivity contribution in [1.29, 1.82) is 0 Å². The molecular weight excluding hydrogens is 664 g/mol. The van der Waals surface area contributed by atoms with Crippen LogP contribution in [0.1, 0.15) is 119 Å². The van der Waals surface area contributed by atoms with Crippen molar-refractivity contribution in [2.45, 2.75) is 159 Å². The van der Waals surface area contributed by atoms with E-state index in [1.165, 1.54) is 0 Å². The van der Waals surface area contributed by atoms with Gasteiger partial charge in [0.25, 0.3) is 0 Å². The summed E-state index contributed by atoms with van der Waals surface area (Å²) in [6, 6.07) is 0.800. The predicted octanol–water partition coefficient (Wildman–Crippen LogP) is 2.90. The molecule has 296 valence electrons. The highest BCUT2D eigenvalue weighted by Crippen LogP contribution is 2.37. The first kappa shape index (κ1) is 43.6. The Hall–Kier alpha value is -1.79. The fourth-order valence-corrected chi connectivity index (χ4v) is 6.74. The van der Waals surface area contributed by atoms with Gasteiger partial charge in [0.1, 0.15) is 17.0 Å². The molecule has 51 heavy (non-hydrogen) atoms. The van der Waals surface area contributed by atoms with Gasteiger partial charge in [-0.2, -0.15) is 0 Å². The predicted molar refractivity (Wildman–Crippen MR) is 188 cm³/mol. The quantitative estimate of drug-likeness (QED) is 0.183. The van der Waals surface area contributed by atoms with Crippen LogP contribution in [0.2, 0.25) is 0 Å². The van der Waals surface area contributed by atoms with Crippen LogP contribution in [0.15, 0.2) is 0 Å². The summed E-state index contributed by atoms with van der Waals surface area (Å²) in [4.78, 5) is 33.0. The molecule has 0 atom stereocenters. The number of hydrogen-bond acceptors (Lipinski definition) is 15. The van der Waals surface area contributed by atoms with E-state index in [9.17, 15) is 14.4 Å². The van der Waals surface area contributed by atoms with Crippen molar-refractivity contribution in [2.24, 2.45) is 11.6 Å². The van der Waals surface area contributed by atoms with Crippen LogP contribution in [0.3, 0.4) is 0 Å². The fourth-order valence-electron chi connectivity index (χ4n) is 6.74. The van der Waals surface area contributed by atoms with Crippen molar-refractivity contribution in [3.8, 4) is 0 Å². The zero-order chi connectivity index (χ0) is 37.6. The molecule has 3 heterocycles. The lowest BCUT2D eigenvalue weighted by Gasteiger charge is -2.35. The van der Waals surface area contributed by atoms with Gasteiger partial charge in [-0.3, -0.25) is 25.7 Å². The first-order valence-corrected chi connectivity index (χ1v) is 18.7. The normalized spacial score (nSPS) is 25.3. The van der Waals surface area contributed by atoms with Gasteiger partial charge in [-0.1, -0.05) is 0 Å². The number of nitrogens with two attached hydrogens (primary N) is 2. The number of esters is 2. The number of rotatable bonds is 5. The van der Waals surface area contributed by atoms with Gasteiger partial charge in [0.2, 0.25) is 0 Å². The summed E-state index contributed by atoms with van der Waals surface area (Å²) in [6.45, 7) is 15.6. The molecule has 15 heteroatoms. The van der Waals surface area contributed by atoms with Gasteiger partial charge < -0.3 is 48.9 Å². The van der Waals surface area contributed by atoms with E-state index in [1.54, 1.807) is 20.8 Å². The zero-order valence-electron chi connectivity index (χ0n) is 31.9.